The van der Waals surface area contributed by atoms with Crippen molar-refractivity contribution in [1.29, 1.82) is 0 Å². The monoisotopic (exact) mass is 257 g/mol. The molecule has 0 heterocycles. The molecule has 0 saturated carbocycles. The van der Waals surface area contributed by atoms with E-state index in [1.807, 2.05) is 0 Å². The molecule has 1 aromatic carbocycles. The average molecular weight is 257 g/mol. The summed E-state index contributed by atoms with van der Waals surface area (Å²) >= 11 is 0. The summed E-state index contributed by atoms with van der Waals surface area (Å²) in [7, 11) is -3.08. The predicted molar refractivity (Wildman–Crippen MR) is 46.2 cm³/mol. The summed E-state index contributed by atoms with van der Waals surface area (Å²) in [5, 5.41) is 9.06. The van der Waals surface area contributed by atoms with Gasteiger partial charge >= 0.3 is 20.0 Å². The Hall–Kier alpha value is -1.04. The average Bonchev–Trinajstić information content (AvgIpc) is 2.15. The Morgan fingerprint density at radius 1 is 1.31 bits per heavy atom. The number of aliphatic hydroxyl groups is 1. The van der Waals surface area contributed by atoms with Crippen LogP contribution < -0.4 is 0 Å². The summed E-state index contributed by atoms with van der Waals surface area (Å²) in [6.45, 7) is 0. The summed E-state index contributed by atoms with van der Waals surface area (Å²) in [4.78, 5) is 8.52. The summed E-state index contributed by atoms with van der Waals surface area (Å²) in [5.74, 6) is -3.46. The Bertz CT molecular complexity index is 418. The summed E-state index contributed by atoms with van der Waals surface area (Å²) < 4.78 is 60.0. The molecule has 0 aliphatic carbocycles. The smallest absolute Gasteiger partial charge is 0.345 e. The summed E-state index contributed by atoms with van der Waals surface area (Å²) in [6, 6.07) is 1.61. The predicted octanol–water partition coefficient (Wildman–Crippen LogP) is 2.57. The zero-order valence-electron chi connectivity index (χ0n) is 7.57. The molecule has 0 bridgehead atoms. The molecule has 0 spiro atoms. The minimum atomic E-state index is -4.92. The van der Waals surface area contributed by atoms with E-state index in [4.69, 9.17) is 10.00 Å². The van der Waals surface area contributed by atoms with Crippen LogP contribution in [0.4, 0.5) is 17.6 Å². The van der Waals surface area contributed by atoms with E-state index in [1.54, 1.807) is 0 Å². The highest BCUT2D eigenvalue weighted by Gasteiger charge is 2.37. The Morgan fingerprint density at radius 2 is 1.88 bits per heavy atom. The van der Waals surface area contributed by atoms with E-state index in [0.717, 1.165) is 6.07 Å². The minimum absolute atomic E-state index is 0.309. The molecule has 88 valence electrons. The van der Waals surface area contributed by atoms with Gasteiger partial charge < -0.3 is 5.11 Å². The van der Waals surface area contributed by atoms with Crippen LogP contribution >= 0.6 is 8.03 Å². The highest BCUT2D eigenvalue weighted by molar-refractivity contribution is 7.38. The second kappa shape index (κ2) is 4.45. The molecule has 16 heavy (non-hydrogen) atoms. The van der Waals surface area contributed by atoms with E-state index in [9.17, 15) is 22.1 Å². The lowest BCUT2D eigenvalue weighted by Gasteiger charge is -2.09. The van der Waals surface area contributed by atoms with Gasteiger partial charge in [-0.05, 0) is 22.8 Å². The van der Waals surface area contributed by atoms with Gasteiger partial charge in [-0.2, -0.15) is 18.1 Å². The van der Waals surface area contributed by atoms with Crippen LogP contribution in [0.15, 0.2) is 18.2 Å². The lowest BCUT2D eigenvalue weighted by molar-refractivity contribution is -0.140. The minimum Gasteiger partial charge on any atom is -0.345 e. The Labute approximate surface area is 88.2 Å². The fourth-order valence-corrected chi connectivity index (χ4v) is 1.46. The van der Waals surface area contributed by atoms with Crippen molar-refractivity contribution in [2.24, 2.45) is 0 Å². The van der Waals surface area contributed by atoms with Gasteiger partial charge in [0, 0.05) is 5.56 Å². The van der Waals surface area contributed by atoms with Crippen molar-refractivity contribution in [2.75, 3.05) is 0 Å². The summed E-state index contributed by atoms with van der Waals surface area (Å²) in [6.07, 6.45) is -4.92. The van der Waals surface area contributed by atoms with Crippen molar-refractivity contribution in [2.45, 2.75) is 12.0 Å². The maximum atomic E-state index is 12.8. The van der Waals surface area contributed by atoms with Crippen LogP contribution in [0.1, 0.15) is 17.0 Å². The molecule has 1 aromatic rings. The molecule has 3 nitrogen and oxygen atoms in total. The number of hydrogen-bond donors (Lipinski definition) is 2. The van der Waals surface area contributed by atoms with Gasteiger partial charge in [0.25, 0.3) is 0 Å². The number of halogens is 4. The normalized spacial score (nSPS) is 14.8. The van der Waals surface area contributed by atoms with Crippen LogP contribution in [0.2, 0.25) is 0 Å². The maximum Gasteiger partial charge on any atom is 0.542 e. The SMILES string of the molecule is O=[P+](O)C(O)c1ccc(F)c(C(F)(F)F)c1. The lowest BCUT2D eigenvalue weighted by Crippen LogP contribution is -2.09. The molecular weight excluding hydrogens is 251 g/mol. The van der Waals surface area contributed by atoms with E-state index >= 15 is 0 Å². The van der Waals surface area contributed by atoms with Gasteiger partial charge in [0.1, 0.15) is 5.82 Å². The van der Waals surface area contributed by atoms with Gasteiger partial charge in [-0.25, -0.2) is 4.39 Å². The van der Waals surface area contributed by atoms with Gasteiger partial charge in [-0.3, -0.25) is 0 Å². The number of alkyl halides is 3. The van der Waals surface area contributed by atoms with Gasteiger partial charge in [-0.1, -0.05) is 0 Å². The highest BCUT2D eigenvalue weighted by atomic mass is 31.1. The molecule has 0 amide bonds. The van der Waals surface area contributed by atoms with Crippen molar-refractivity contribution in [3.63, 3.8) is 0 Å². The van der Waals surface area contributed by atoms with E-state index in [0.29, 0.717) is 12.1 Å². The molecule has 0 aromatic heterocycles. The fraction of sp³-hybridized carbons (Fsp3) is 0.250. The van der Waals surface area contributed by atoms with Crippen LogP contribution in [0, 0.1) is 5.82 Å². The first kappa shape index (κ1) is 13.0. The third-order valence-corrected chi connectivity index (χ3v) is 2.52. The Morgan fingerprint density at radius 3 is 2.31 bits per heavy atom. The summed E-state index contributed by atoms with van der Waals surface area (Å²) in [5.41, 5.74) is -2.04. The van der Waals surface area contributed by atoms with Crippen LogP contribution in [0.25, 0.3) is 0 Å². The van der Waals surface area contributed by atoms with Crippen molar-refractivity contribution in [1.82, 2.24) is 0 Å². The molecule has 2 atom stereocenters. The van der Waals surface area contributed by atoms with Crippen LogP contribution in [-0.4, -0.2) is 10.00 Å². The molecule has 2 N–H and O–H groups in total. The molecule has 0 aliphatic rings. The van der Waals surface area contributed by atoms with Gasteiger partial charge in [0.05, 0.1) is 5.56 Å². The van der Waals surface area contributed by atoms with E-state index < -0.39 is 37.0 Å². The van der Waals surface area contributed by atoms with E-state index in [2.05, 4.69) is 0 Å². The second-order valence-corrected chi connectivity index (χ2v) is 4.01. The number of rotatable bonds is 2. The zero-order valence-corrected chi connectivity index (χ0v) is 8.47. The topological polar surface area (TPSA) is 57.5 Å². The lowest BCUT2D eigenvalue weighted by atomic mass is 10.1. The molecule has 0 saturated heterocycles. The van der Waals surface area contributed by atoms with E-state index in [-0.39, 0.29) is 0 Å². The third-order valence-electron chi connectivity index (χ3n) is 1.80. The van der Waals surface area contributed by atoms with Crippen molar-refractivity contribution in [3.05, 3.63) is 35.1 Å². The van der Waals surface area contributed by atoms with Gasteiger partial charge in [0.15, 0.2) is 0 Å². The Kier molecular flexibility index (Phi) is 3.62. The molecule has 0 fully saturated rings. The first-order chi connectivity index (χ1) is 7.23. The fourth-order valence-electron chi connectivity index (χ4n) is 1.05. The second-order valence-electron chi connectivity index (χ2n) is 2.91. The molecule has 0 aliphatic heterocycles. The highest BCUT2D eigenvalue weighted by Crippen LogP contribution is 2.38. The number of aliphatic hydroxyl groups excluding tert-OH is 1. The Balaban J connectivity index is 3.23. The molecule has 0 radical (unpaired) electrons. The van der Waals surface area contributed by atoms with Crippen molar-refractivity contribution < 1.29 is 32.1 Å². The largest absolute Gasteiger partial charge is 0.542 e. The zero-order chi connectivity index (χ0) is 12.5. The molecule has 2 unspecified atom stereocenters. The first-order valence-corrected chi connectivity index (χ1v) is 5.21. The van der Waals surface area contributed by atoms with Crippen molar-refractivity contribution in [3.8, 4) is 0 Å². The third kappa shape index (κ3) is 2.75. The van der Waals surface area contributed by atoms with Crippen molar-refractivity contribution >= 4 is 8.03 Å². The first-order valence-electron chi connectivity index (χ1n) is 3.93. The van der Waals surface area contributed by atoms with Crippen LogP contribution in [0.3, 0.4) is 0 Å². The van der Waals surface area contributed by atoms with Crippen LogP contribution in [0.5, 0.6) is 0 Å². The van der Waals surface area contributed by atoms with Crippen LogP contribution in [-0.2, 0) is 10.7 Å². The standard InChI is InChI=1S/C8H5F4O3P/c9-6-2-1-4(7(13)16(14)15)3-5(6)8(10,11)12/h1-3,7,13H/p+1. The van der Waals surface area contributed by atoms with Gasteiger partial charge in [-0.15, -0.1) is 0 Å². The molecular formula is C8H6F4O3P+. The molecule has 1 rings (SSSR count). The van der Waals surface area contributed by atoms with E-state index in [1.165, 1.54) is 0 Å². The van der Waals surface area contributed by atoms with Gasteiger partial charge in [0.2, 0.25) is 0 Å². The number of hydrogen-bond acceptors (Lipinski definition) is 2. The molecule has 8 heteroatoms. The quantitative estimate of drug-likeness (QED) is 0.632. The maximum absolute atomic E-state index is 12.8. The number of benzene rings is 1.